The van der Waals surface area contributed by atoms with Crippen LogP contribution in [0, 0.1) is 6.92 Å². The summed E-state index contributed by atoms with van der Waals surface area (Å²) in [4.78, 5) is 0. The first kappa shape index (κ1) is 32.3. The standard InChI is InChI=1S/C38H36N6O3SSi/c1-27-22-43(41-39-27)23-28-14-18-32(19-15-28)37-35(30-10-6-4-7-11-30)36(31-12-8-5-9-13-31)38(49(37,2)3)33-20-16-29(17-21-33)24-44-25-34(40-42-44)26-48(45,46)47/h4-22,25H,23-24,26H2,1-3H3,(H,45,46,47). The molecule has 0 unspecified atom stereocenters. The first-order chi connectivity index (χ1) is 23.5. The maximum absolute atomic E-state index is 11.3. The maximum Gasteiger partial charge on any atom is 0.270 e. The summed E-state index contributed by atoms with van der Waals surface area (Å²) in [5.41, 5.74) is 10.6. The fourth-order valence-electron chi connectivity index (χ4n) is 6.87. The Kier molecular flexibility index (Phi) is 8.57. The van der Waals surface area contributed by atoms with E-state index >= 15 is 0 Å². The molecule has 0 saturated carbocycles. The number of hydrogen-bond acceptors (Lipinski definition) is 6. The average Bonchev–Trinajstić information content (AvgIpc) is 3.77. The van der Waals surface area contributed by atoms with Gasteiger partial charge < -0.3 is 0 Å². The summed E-state index contributed by atoms with van der Waals surface area (Å²) >= 11 is 0. The van der Waals surface area contributed by atoms with Crippen LogP contribution in [0.5, 0.6) is 0 Å². The predicted octanol–water partition coefficient (Wildman–Crippen LogP) is 6.98. The zero-order valence-corrected chi connectivity index (χ0v) is 29.3. The van der Waals surface area contributed by atoms with Crippen molar-refractivity contribution in [2.45, 2.75) is 38.9 Å². The summed E-state index contributed by atoms with van der Waals surface area (Å²) in [6.07, 6.45) is 3.50. The molecule has 0 amide bonds. The third kappa shape index (κ3) is 6.86. The van der Waals surface area contributed by atoms with Crippen molar-refractivity contribution in [1.82, 2.24) is 30.0 Å². The van der Waals surface area contributed by atoms with Gasteiger partial charge in [-0.1, -0.05) is 133 Å². The fraction of sp³-hybridized carbons (Fsp3) is 0.158. The summed E-state index contributed by atoms with van der Waals surface area (Å²) in [6.45, 7) is 7.92. The van der Waals surface area contributed by atoms with E-state index in [9.17, 15) is 13.0 Å². The molecule has 3 heterocycles. The molecule has 0 atom stereocenters. The molecule has 0 aliphatic carbocycles. The van der Waals surface area contributed by atoms with Crippen molar-refractivity contribution >= 4 is 39.7 Å². The van der Waals surface area contributed by atoms with Crippen molar-refractivity contribution in [2.75, 3.05) is 0 Å². The first-order valence-electron chi connectivity index (χ1n) is 16.1. The van der Waals surface area contributed by atoms with E-state index in [1.165, 1.54) is 43.8 Å². The van der Waals surface area contributed by atoms with E-state index < -0.39 is 23.9 Å². The van der Waals surface area contributed by atoms with Crippen LogP contribution in [-0.2, 0) is 29.0 Å². The molecule has 6 aromatic rings. The van der Waals surface area contributed by atoms with E-state index in [0.29, 0.717) is 13.1 Å². The van der Waals surface area contributed by atoms with E-state index in [0.717, 1.165) is 16.8 Å². The first-order valence-corrected chi connectivity index (χ1v) is 20.7. The van der Waals surface area contributed by atoms with Crippen LogP contribution in [-0.4, -0.2) is 51.0 Å². The number of allylic oxidation sites excluding steroid dienone is 2. The highest BCUT2D eigenvalue weighted by atomic mass is 32.2. The van der Waals surface area contributed by atoms with Crippen LogP contribution in [0.15, 0.2) is 122 Å². The monoisotopic (exact) mass is 684 g/mol. The summed E-state index contributed by atoms with van der Waals surface area (Å²) in [5, 5.41) is 19.1. The second-order valence-electron chi connectivity index (χ2n) is 12.9. The highest BCUT2D eigenvalue weighted by Gasteiger charge is 2.43. The molecule has 1 aliphatic rings. The highest BCUT2D eigenvalue weighted by Crippen LogP contribution is 2.55. The van der Waals surface area contributed by atoms with Crippen molar-refractivity contribution in [1.29, 1.82) is 0 Å². The Bertz CT molecular complexity index is 2290. The molecule has 11 heteroatoms. The molecule has 0 spiro atoms. The van der Waals surface area contributed by atoms with E-state index in [1.54, 1.807) is 10.9 Å². The SMILES string of the molecule is Cc1cn(Cc2ccc(C3=C(c4ccccc4)C(c4ccccc4)=C(c4ccc(Cn5cc(CS(=O)(=O)O)nn5)cc4)[Si]3(C)C)cc2)nn1. The van der Waals surface area contributed by atoms with Crippen molar-refractivity contribution in [3.05, 3.63) is 166 Å². The van der Waals surface area contributed by atoms with Gasteiger partial charge in [0.05, 0.1) is 18.8 Å². The lowest BCUT2D eigenvalue weighted by molar-refractivity contribution is 0.481. The fourth-order valence-corrected chi connectivity index (χ4v) is 11.2. The normalized spacial score (nSPS) is 14.5. The van der Waals surface area contributed by atoms with Gasteiger partial charge in [0.2, 0.25) is 0 Å². The molecule has 4 aromatic carbocycles. The van der Waals surface area contributed by atoms with E-state index in [-0.39, 0.29) is 5.69 Å². The summed E-state index contributed by atoms with van der Waals surface area (Å²) in [6, 6.07) is 38.9. The molecular weight excluding hydrogens is 649 g/mol. The van der Waals surface area contributed by atoms with Crippen LogP contribution in [0.3, 0.4) is 0 Å². The second kappa shape index (κ2) is 13.0. The Hall–Kier alpha value is -5.23. The molecular formula is C38H36N6O3SSi. The van der Waals surface area contributed by atoms with Crippen molar-refractivity contribution < 1.29 is 13.0 Å². The number of nitrogens with zero attached hydrogens (tertiary/aromatic N) is 6. The minimum atomic E-state index is -4.18. The summed E-state index contributed by atoms with van der Waals surface area (Å²) < 4.78 is 35.2. The Morgan fingerprint density at radius 1 is 0.612 bits per heavy atom. The third-order valence-corrected chi connectivity index (χ3v) is 13.1. The van der Waals surface area contributed by atoms with Gasteiger partial charge in [-0.25, -0.2) is 9.36 Å². The van der Waals surface area contributed by atoms with Gasteiger partial charge >= 0.3 is 0 Å². The lowest BCUT2D eigenvalue weighted by Crippen LogP contribution is -2.28. The average molecular weight is 685 g/mol. The molecule has 49 heavy (non-hydrogen) atoms. The lowest BCUT2D eigenvalue weighted by Gasteiger charge is -2.27. The number of rotatable bonds is 10. The zero-order chi connectivity index (χ0) is 34.2. The van der Waals surface area contributed by atoms with Crippen LogP contribution in [0.25, 0.3) is 21.5 Å². The number of aromatic nitrogens is 6. The molecule has 9 nitrogen and oxygen atoms in total. The summed E-state index contributed by atoms with van der Waals surface area (Å²) in [5.74, 6) is -0.564. The van der Waals surface area contributed by atoms with Gasteiger partial charge in [-0.05, 0) is 61.8 Å². The molecule has 1 N–H and O–H groups in total. The van der Waals surface area contributed by atoms with E-state index in [1.807, 2.05) is 17.8 Å². The third-order valence-electron chi connectivity index (χ3n) is 8.87. The van der Waals surface area contributed by atoms with Crippen molar-refractivity contribution in [3.8, 4) is 0 Å². The topological polar surface area (TPSA) is 116 Å². The van der Waals surface area contributed by atoms with Gasteiger partial charge in [0.25, 0.3) is 10.1 Å². The van der Waals surface area contributed by atoms with Crippen molar-refractivity contribution in [2.24, 2.45) is 0 Å². The molecule has 246 valence electrons. The van der Waals surface area contributed by atoms with Gasteiger partial charge in [0.15, 0.2) is 0 Å². The molecule has 1 aliphatic heterocycles. The van der Waals surface area contributed by atoms with E-state index in [2.05, 4.69) is 143 Å². The van der Waals surface area contributed by atoms with Crippen molar-refractivity contribution in [3.63, 3.8) is 0 Å². The van der Waals surface area contributed by atoms with E-state index in [4.69, 9.17) is 0 Å². The smallest absolute Gasteiger partial charge is 0.270 e. The molecule has 7 rings (SSSR count). The minimum Gasteiger partial charge on any atom is -0.285 e. The molecule has 0 bridgehead atoms. The Balaban J connectivity index is 1.31. The Morgan fingerprint density at radius 2 is 1.06 bits per heavy atom. The van der Waals surface area contributed by atoms with Crippen LogP contribution >= 0.6 is 0 Å². The molecule has 0 radical (unpaired) electrons. The minimum absolute atomic E-state index is 0.198. The van der Waals surface area contributed by atoms with Gasteiger partial charge in [0, 0.05) is 12.4 Å². The molecule has 0 saturated heterocycles. The lowest BCUT2D eigenvalue weighted by atomic mass is 9.89. The molecule has 2 aromatic heterocycles. The summed E-state index contributed by atoms with van der Waals surface area (Å²) in [7, 11) is -6.53. The number of hydrogen-bond donors (Lipinski definition) is 1. The highest BCUT2D eigenvalue weighted by molar-refractivity contribution is 7.85. The van der Waals surface area contributed by atoms with Gasteiger partial charge in [-0.15, -0.1) is 10.2 Å². The van der Waals surface area contributed by atoms with Crippen LogP contribution in [0.2, 0.25) is 13.1 Å². The van der Waals surface area contributed by atoms with Gasteiger partial charge in [-0.2, -0.15) is 8.42 Å². The van der Waals surface area contributed by atoms with Gasteiger partial charge in [0.1, 0.15) is 19.5 Å². The Labute approximate surface area is 287 Å². The molecule has 0 fully saturated rings. The zero-order valence-electron chi connectivity index (χ0n) is 27.5. The number of benzene rings is 4. The van der Waals surface area contributed by atoms with Gasteiger partial charge in [-0.3, -0.25) is 4.55 Å². The Morgan fingerprint density at radius 3 is 1.49 bits per heavy atom. The maximum atomic E-state index is 11.3. The largest absolute Gasteiger partial charge is 0.285 e. The number of aryl methyl sites for hydroxylation is 1. The van der Waals surface area contributed by atoms with Crippen LogP contribution < -0.4 is 0 Å². The quantitative estimate of drug-likeness (QED) is 0.122. The van der Waals surface area contributed by atoms with Crippen LogP contribution in [0.4, 0.5) is 0 Å². The second-order valence-corrected chi connectivity index (χ2v) is 18.6. The van der Waals surface area contributed by atoms with Crippen LogP contribution in [0.1, 0.15) is 44.8 Å². The predicted molar refractivity (Wildman–Crippen MR) is 195 cm³/mol.